The Kier molecular flexibility index (Phi) is 3.29. The summed E-state index contributed by atoms with van der Waals surface area (Å²) >= 11 is 7.60. The summed E-state index contributed by atoms with van der Waals surface area (Å²) in [7, 11) is 0. The van der Waals surface area contributed by atoms with Gasteiger partial charge in [0.2, 0.25) is 0 Å². The Morgan fingerprint density at radius 1 is 1.14 bits per heavy atom. The van der Waals surface area contributed by atoms with Gasteiger partial charge in [0.25, 0.3) is 0 Å². The zero-order valence-electron chi connectivity index (χ0n) is 11.4. The second kappa shape index (κ2) is 5.44. The number of nitrogens with zero attached hydrogens (tertiary/aromatic N) is 3. The van der Waals surface area contributed by atoms with Crippen LogP contribution in [0.3, 0.4) is 0 Å². The van der Waals surface area contributed by atoms with Crippen LogP contribution in [0.25, 0.3) is 16.9 Å². The quantitative estimate of drug-likeness (QED) is 0.585. The lowest BCUT2D eigenvalue weighted by Crippen LogP contribution is -1.96. The van der Waals surface area contributed by atoms with Crippen molar-refractivity contribution in [2.45, 2.75) is 0 Å². The van der Waals surface area contributed by atoms with E-state index in [1.54, 1.807) is 23.7 Å². The molecule has 0 bridgehead atoms. The summed E-state index contributed by atoms with van der Waals surface area (Å²) in [4.78, 5) is 8.83. The topological polar surface area (TPSA) is 42.2 Å². The Morgan fingerprint density at radius 3 is 2.77 bits per heavy atom. The van der Waals surface area contributed by atoms with E-state index in [1.807, 2.05) is 40.2 Å². The summed E-state index contributed by atoms with van der Waals surface area (Å²) in [6, 6.07) is 9.67. The van der Waals surface area contributed by atoms with Gasteiger partial charge in [-0.1, -0.05) is 11.6 Å². The van der Waals surface area contributed by atoms with Gasteiger partial charge in [-0.3, -0.25) is 9.38 Å². The van der Waals surface area contributed by atoms with Crippen molar-refractivity contribution in [1.29, 1.82) is 0 Å². The minimum atomic E-state index is 0.714. The molecule has 4 nitrogen and oxygen atoms in total. The average molecular weight is 327 g/mol. The first-order valence-corrected chi connectivity index (χ1v) is 8.00. The monoisotopic (exact) mass is 326 g/mol. The van der Waals surface area contributed by atoms with Crippen LogP contribution in [0.2, 0.25) is 5.02 Å². The van der Waals surface area contributed by atoms with E-state index in [9.17, 15) is 0 Å². The molecule has 22 heavy (non-hydrogen) atoms. The molecule has 0 aliphatic rings. The van der Waals surface area contributed by atoms with Crippen LogP contribution >= 0.6 is 22.9 Å². The third kappa shape index (κ3) is 2.34. The third-order valence-corrected chi connectivity index (χ3v) is 4.27. The van der Waals surface area contributed by atoms with E-state index in [2.05, 4.69) is 26.7 Å². The number of fused-ring (bicyclic) bond motifs is 1. The standard InChI is InChI=1S/C16H11ClN4S/c17-12-1-3-13(4-2-12)19-16-15(11-5-8-22-10-11)20-14-9-18-6-7-21(14)16/h1-10,19H. The second-order valence-electron chi connectivity index (χ2n) is 4.76. The van der Waals surface area contributed by atoms with Gasteiger partial charge in [0, 0.05) is 34.0 Å². The average Bonchev–Trinajstić information content (AvgIpc) is 3.18. The van der Waals surface area contributed by atoms with Crippen LogP contribution in [-0.2, 0) is 0 Å². The summed E-state index contributed by atoms with van der Waals surface area (Å²) in [5.74, 6) is 0.915. The lowest BCUT2D eigenvalue weighted by Gasteiger charge is -2.08. The van der Waals surface area contributed by atoms with E-state index >= 15 is 0 Å². The molecule has 0 saturated carbocycles. The van der Waals surface area contributed by atoms with Gasteiger partial charge in [0.15, 0.2) is 5.65 Å². The molecule has 6 heteroatoms. The smallest absolute Gasteiger partial charge is 0.157 e. The number of halogens is 1. The number of anilines is 2. The molecule has 0 aliphatic carbocycles. The molecule has 3 heterocycles. The van der Waals surface area contributed by atoms with Gasteiger partial charge in [-0.05, 0) is 35.7 Å². The summed E-state index contributed by atoms with van der Waals surface area (Å²) < 4.78 is 1.99. The normalized spacial score (nSPS) is 11.0. The van der Waals surface area contributed by atoms with Gasteiger partial charge in [0.1, 0.15) is 11.5 Å². The molecular weight excluding hydrogens is 316 g/mol. The molecular formula is C16H11ClN4S. The number of nitrogens with one attached hydrogen (secondary N) is 1. The Balaban J connectivity index is 1.87. The van der Waals surface area contributed by atoms with Crippen LogP contribution < -0.4 is 5.32 Å². The van der Waals surface area contributed by atoms with Crippen molar-refractivity contribution >= 4 is 40.1 Å². The fourth-order valence-corrected chi connectivity index (χ4v) is 3.06. The molecule has 3 aromatic heterocycles. The molecule has 4 rings (SSSR count). The highest BCUT2D eigenvalue weighted by Gasteiger charge is 2.14. The third-order valence-electron chi connectivity index (χ3n) is 3.33. The van der Waals surface area contributed by atoms with Crippen LogP contribution in [0.1, 0.15) is 0 Å². The predicted octanol–water partition coefficient (Wildman–Crippen LogP) is 4.85. The maximum atomic E-state index is 5.95. The molecule has 0 atom stereocenters. The maximum Gasteiger partial charge on any atom is 0.157 e. The van der Waals surface area contributed by atoms with Crippen LogP contribution in [0.15, 0.2) is 59.7 Å². The van der Waals surface area contributed by atoms with Crippen molar-refractivity contribution < 1.29 is 0 Å². The molecule has 108 valence electrons. The number of hydrogen-bond donors (Lipinski definition) is 1. The molecule has 0 unspecified atom stereocenters. The van der Waals surface area contributed by atoms with Crippen LogP contribution in [0, 0.1) is 0 Å². The lowest BCUT2D eigenvalue weighted by atomic mass is 10.2. The second-order valence-corrected chi connectivity index (χ2v) is 5.97. The fraction of sp³-hybridized carbons (Fsp3) is 0. The van der Waals surface area contributed by atoms with Crippen LogP contribution in [0.5, 0.6) is 0 Å². The highest BCUT2D eigenvalue weighted by Crippen LogP contribution is 2.32. The first kappa shape index (κ1) is 13.3. The van der Waals surface area contributed by atoms with E-state index in [1.165, 1.54) is 0 Å². The Hall–Kier alpha value is -2.37. The fourth-order valence-electron chi connectivity index (χ4n) is 2.30. The minimum absolute atomic E-state index is 0.714. The van der Waals surface area contributed by atoms with Crippen molar-refractivity contribution in [1.82, 2.24) is 14.4 Å². The van der Waals surface area contributed by atoms with Gasteiger partial charge < -0.3 is 5.32 Å². The number of aromatic nitrogens is 3. The van der Waals surface area contributed by atoms with Crippen LogP contribution in [-0.4, -0.2) is 14.4 Å². The summed E-state index contributed by atoms with van der Waals surface area (Å²) in [6.45, 7) is 0. The Labute approximate surface area is 136 Å². The maximum absolute atomic E-state index is 5.95. The van der Waals surface area contributed by atoms with Crippen molar-refractivity contribution in [2.75, 3.05) is 5.32 Å². The molecule has 0 radical (unpaired) electrons. The SMILES string of the molecule is Clc1ccc(Nc2c(-c3ccsc3)nc3cnccn23)cc1. The highest BCUT2D eigenvalue weighted by molar-refractivity contribution is 7.08. The van der Waals surface area contributed by atoms with Crippen molar-refractivity contribution in [3.8, 4) is 11.3 Å². The predicted molar refractivity (Wildman–Crippen MR) is 91.0 cm³/mol. The number of thiophene rings is 1. The molecule has 1 aromatic carbocycles. The Morgan fingerprint density at radius 2 is 2.00 bits per heavy atom. The Bertz CT molecular complexity index is 913. The number of hydrogen-bond acceptors (Lipinski definition) is 4. The number of imidazole rings is 1. The molecule has 4 aromatic rings. The number of rotatable bonds is 3. The van der Waals surface area contributed by atoms with E-state index in [-0.39, 0.29) is 0 Å². The number of benzene rings is 1. The zero-order chi connectivity index (χ0) is 14.9. The molecule has 0 aliphatic heterocycles. The zero-order valence-corrected chi connectivity index (χ0v) is 13.0. The van der Waals surface area contributed by atoms with Gasteiger partial charge in [-0.15, -0.1) is 0 Å². The van der Waals surface area contributed by atoms with Gasteiger partial charge >= 0.3 is 0 Å². The van der Waals surface area contributed by atoms with E-state index < -0.39 is 0 Å². The van der Waals surface area contributed by atoms with Crippen molar-refractivity contribution in [3.63, 3.8) is 0 Å². The highest BCUT2D eigenvalue weighted by atomic mass is 35.5. The van der Waals surface area contributed by atoms with Crippen LogP contribution in [0.4, 0.5) is 11.5 Å². The first-order chi connectivity index (χ1) is 10.8. The molecule has 0 spiro atoms. The molecule has 1 N–H and O–H groups in total. The molecule has 0 fully saturated rings. The lowest BCUT2D eigenvalue weighted by molar-refractivity contribution is 1.13. The minimum Gasteiger partial charge on any atom is -0.339 e. The van der Waals surface area contributed by atoms with Gasteiger partial charge in [-0.25, -0.2) is 4.98 Å². The summed E-state index contributed by atoms with van der Waals surface area (Å²) in [5.41, 5.74) is 3.76. The van der Waals surface area contributed by atoms with Crippen molar-refractivity contribution in [3.05, 3.63) is 64.7 Å². The van der Waals surface area contributed by atoms with E-state index in [4.69, 9.17) is 11.6 Å². The largest absolute Gasteiger partial charge is 0.339 e. The van der Waals surface area contributed by atoms with Gasteiger partial charge in [0.05, 0.1) is 6.20 Å². The van der Waals surface area contributed by atoms with Crippen molar-refractivity contribution in [2.24, 2.45) is 0 Å². The van der Waals surface area contributed by atoms with Gasteiger partial charge in [-0.2, -0.15) is 11.3 Å². The molecule has 0 saturated heterocycles. The summed E-state index contributed by atoms with van der Waals surface area (Å²) in [6.07, 6.45) is 5.40. The summed E-state index contributed by atoms with van der Waals surface area (Å²) in [5, 5.41) is 8.27. The van der Waals surface area contributed by atoms with E-state index in [0.29, 0.717) is 5.02 Å². The molecule has 0 amide bonds. The first-order valence-electron chi connectivity index (χ1n) is 6.68. The van der Waals surface area contributed by atoms with E-state index in [0.717, 1.165) is 28.4 Å².